The van der Waals surface area contributed by atoms with E-state index in [0.29, 0.717) is 18.2 Å². The lowest BCUT2D eigenvalue weighted by molar-refractivity contribution is -0.118. The van der Waals surface area contributed by atoms with Crippen molar-refractivity contribution < 1.29 is 9.59 Å². The number of hydrogen-bond donors (Lipinski definition) is 2. The normalized spacial score (nSPS) is 17.0. The van der Waals surface area contributed by atoms with Crippen LogP contribution in [0.15, 0.2) is 30.3 Å². The molecule has 130 valence electrons. The summed E-state index contributed by atoms with van der Waals surface area (Å²) in [6, 6.07) is 9.48. The van der Waals surface area contributed by atoms with Crippen LogP contribution in [0, 0.1) is 5.92 Å². The third kappa shape index (κ3) is 4.05. The fourth-order valence-corrected chi connectivity index (χ4v) is 3.97. The van der Waals surface area contributed by atoms with Gasteiger partial charge in [0.1, 0.15) is 0 Å². The summed E-state index contributed by atoms with van der Waals surface area (Å²) < 4.78 is 0. The molecule has 7 heteroatoms. The molecule has 1 aliphatic heterocycles. The highest BCUT2D eigenvalue weighted by Crippen LogP contribution is 2.32. The van der Waals surface area contributed by atoms with Crippen LogP contribution in [0.1, 0.15) is 23.4 Å². The smallest absolute Gasteiger partial charge is 0.238 e. The number of rotatable bonds is 5. The number of nitrogens with one attached hydrogen (secondary N) is 2. The molecule has 0 bridgehead atoms. The number of nitrogens with zero attached hydrogens (tertiary/aromatic N) is 2. The number of aromatic nitrogens is 1. The zero-order valence-corrected chi connectivity index (χ0v) is 14.6. The number of hydrogen-bond acceptors (Lipinski definition) is 5. The first kappa shape index (κ1) is 16.2. The Labute approximate surface area is 150 Å². The first-order valence-corrected chi connectivity index (χ1v) is 9.36. The molecular formula is C18H20N4O2S. The molecule has 2 aromatic rings. The van der Waals surface area contributed by atoms with Gasteiger partial charge in [0.05, 0.1) is 12.2 Å². The van der Waals surface area contributed by atoms with E-state index in [0.717, 1.165) is 42.1 Å². The Bertz CT molecular complexity index is 786. The highest BCUT2D eigenvalue weighted by Gasteiger charge is 2.31. The first-order valence-electron chi connectivity index (χ1n) is 8.54. The minimum atomic E-state index is -0.0126. The molecule has 6 nitrogen and oxygen atoms in total. The van der Waals surface area contributed by atoms with Crippen LogP contribution < -0.4 is 10.6 Å². The van der Waals surface area contributed by atoms with E-state index in [9.17, 15) is 9.59 Å². The van der Waals surface area contributed by atoms with Crippen molar-refractivity contribution >= 4 is 34.0 Å². The molecule has 2 aliphatic rings. The summed E-state index contributed by atoms with van der Waals surface area (Å²) in [5.41, 5.74) is 1.86. The molecule has 2 amide bonds. The maximum absolute atomic E-state index is 12.2. The molecule has 2 heterocycles. The van der Waals surface area contributed by atoms with Gasteiger partial charge in [0.25, 0.3) is 0 Å². The average molecular weight is 356 g/mol. The van der Waals surface area contributed by atoms with Crippen molar-refractivity contribution in [1.29, 1.82) is 0 Å². The summed E-state index contributed by atoms with van der Waals surface area (Å²) in [6.45, 7) is 1.86. The monoisotopic (exact) mass is 356 g/mol. The molecule has 0 atom stereocenters. The van der Waals surface area contributed by atoms with E-state index in [1.165, 1.54) is 11.3 Å². The van der Waals surface area contributed by atoms with Crippen molar-refractivity contribution in [2.75, 3.05) is 23.7 Å². The van der Waals surface area contributed by atoms with Crippen molar-refractivity contribution in [3.05, 3.63) is 40.9 Å². The molecule has 1 fully saturated rings. The van der Waals surface area contributed by atoms with E-state index in [4.69, 9.17) is 0 Å². The number of thiazole rings is 1. The van der Waals surface area contributed by atoms with Gasteiger partial charge >= 0.3 is 0 Å². The quantitative estimate of drug-likeness (QED) is 0.863. The van der Waals surface area contributed by atoms with E-state index in [2.05, 4.69) is 20.5 Å². The molecule has 0 saturated heterocycles. The van der Waals surface area contributed by atoms with Gasteiger partial charge in [-0.25, -0.2) is 4.98 Å². The van der Waals surface area contributed by atoms with Crippen LogP contribution in [0.4, 0.5) is 10.8 Å². The van der Waals surface area contributed by atoms with Gasteiger partial charge in [0.15, 0.2) is 5.13 Å². The highest BCUT2D eigenvalue weighted by molar-refractivity contribution is 7.15. The standard InChI is InChI=1S/C18H20N4O2S/c23-16(19-13-4-2-1-3-5-13)11-22-9-8-14-15(10-22)25-18(20-14)21-17(24)12-6-7-12/h1-5,12H,6-11H2,(H,19,23)(H,20,21,24). The molecule has 4 rings (SSSR count). The number of para-hydroxylation sites is 1. The number of carbonyl (C=O) groups is 2. The predicted molar refractivity (Wildman–Crippen MR) is 97.5 cm³/mol. The summed E-state index contributed by atoms with van der Waals surface area (Å²) in [4.78, 5) is 31.9. The van der Waals surface area contributed by atoms with Crippen LogP contribution in [0.5, 0.6) is 0 Å². The Kier molecular flexibility index (Phi) is 4.50. The summed E-state index contributed by atoms with van der Waals surface area (Å²) in [5, 5.41) is 6.53. The predicted octanol–water partition coefficient (Wildman–Crippen LogP) is 2.49. The van der Waals surface area contributed by atoms with Crippen LogP contribution in [0.3, 0.4) is 0 Å². The second-order valence-electron chi connectivity index (χ2n) is 6.53. The van der Waals surface area contributed by atoms with Gasteiger partial charge in [-0.3, -0.25) is 14.5 Å². The van der Waals surface area contributed by atoms with E-state index in [1.54, 1.807) is 0 Å². The zero-order chi connectivity index (χ0) is 17.2. The third-order valence-corrected chi connectivity index (χ3v) is 5.41. The van der Waals surface area contributed by atoms with Crippen molar-refractivity contribution in [3.8, 4) is 0 Å². The lowest BCUT2D eigenvalue weighted by atomic mass is 10.2. The number of anilines is 2. The number of amides is 2. The Hall–Kier alpha value is -2.25. The molecule has 25 heavy (non-hydrogen) atoms. The molecular weight excluding hydrogens is 336 g/mol. The molecule has 1 aromatic carbocycles. The van der Waals surface area contributed by atoms with Gasteiger partial charge in [-0.1, -0.05) is 18.2 Å². The van der Waals surface area contributed by atoms with Gasteiger partial charge in [-0.15, -0.1) is 11.3 Å². The van der Waals surface area contributed by atoms with E-state index >= 15 is 0 Å². The van der Waals surface area contributed by atoms with Crippen LogP contribution in [-0.4, -0.2) is 34.8 Å². The maximum Gasteiger partial charge on any atom is 0.238 e. The molecule has 1 saturated carbocycles. The maximum atomic E-state index is 12.2. The average Bonchev–Trinajstić information content (AvgIpc) is 3.37. The van der Waals surface area contributed by atoms with Crippen LogP contribution in [0.2, 0.25) is 0 Å². The SMILES string of the molecule is O=C(CN1CCc2nc(NC(=O)C3CC3)sc2C1)Nc1ccccc1. The molecule has 0 unspecified atom stereocenters. The minimum Gasteiger partial charge on any atom is -0.325 e. The van der Waals surface area contributed by atoms with E-state index < -0.39 is 0 Å². The summed E-state index contributed by atoms with van der Waals surface area (Å²) in [6.07, 6.45) is 2.78. The van der Waals surface area contributed by atoms with Crippen LogP contribution >= 0.6 is 11.3 Å². The van der Waals surface area contributed by atoms with Crippen molar-refractivity contribution in [2.45, 2.75) is 25.8 Å². The molecule has 0 spiro atoms. The fourth-order valence-electron chi connectivity index (χ4n) is 2.91. The zero-order valence-electron chi connectivity index (χ0n) is 13.8. The van der Waals surface area contributed by atoms with Crippen molar-refractivity contribution in [2.24, 2.45) is 5.92 Å². The van der Waals surface area contributed by atoms with Gasteiger partial charge < -0.3 is 10.6 Å². The molecule has 1 aromatic heterocycles. The van der Waals surface area contributed by atoms with Crippen molar-refractivity contribution in [3.63, 3.8) is 0 Å². The van der Waals surface area contributed by atoms with Gasteiger partial charge in [-0.2, -0.15) is 0 Å². The second kappa shape index (κ2) is 6.93. The highest BCUT2D eigenvalue weighted by atomic mass is 32.1. The van der Waals surface area contributed by atoms with E-state index in [-0.39, 0.29) is 17.7 Å². The van der Waals surface area contributed by atoms with Crippen LogP contribution in [0.25, 0.3) is 0 Å². The van der Waals surface area contributed by atoms with Gasteiger partial charge in [-0.05, 0) is 25.0 Å². The largest absolute Gasteiger partial charge is 0.325 e. The molecule has 1 aliphatic carbocycles. The Morgan fingerprint density at radius 1 is 1.20 bits per heavy atom. The van der Waals surface area contributed by atoms with Crippen LogP contribution in [-0.2, 0) is 22.6 Å². The summed E-state index contributed by atoms with van der Waals surface area (Å²) in [5.74, 6) is 0.255. The lowest BCUT2D eigenvalue weighted by Gasteiger charge is -2.25. The fraction of sp³-hybridized carbons (Fsp3) is 0.389. The summed E-state index contributed by atoms with van der Waals surface area (Å²) in [7, 11) is 0. The molecule has 0 radical (unpaired) electrons. The second-order valence-corrected chi connectivity index (χ2v) is 7.61. The first-order chi connectivity index (χ1) is 12.2. The molecule has 2 N–H and O–H groups in total. The van der Waals surface area contributed by atoms with Gasteiger partial charge in [0.2, 0.25) is 11.8 Å². The summed E-state index contributed by atoms with van der Waals surface area (Å²) >= 11 is 1.53. The lowest BCUT2D eigenvalue weighted by Crippen LogP contribution is -2.36. The van der Waals surface area contributed by atoms with Gasteiger partial charge in [0, 0.05) is 36.0 Å². The van der Waals surface area contributed by atoms with Crippen molar-refractivity contribution in [1.82, 2.24) is 9.88 Å². The number of benzene rings is 1. The number of carbonyl (C=O) groups excluding carboxylic acids is 2. The third-order valence-electron chi connectivity index (χ3n) is 4.41. The van der Waals surface area contributed by atoms with E-state index in [1.807, 2.05) is 30.3 Å². The number of fused-ring (bicyclic) bond motifs is 1. The topological polar surface area (TPSA) is 74.3 Å². The minimum absolute atomic E-state index is 0.0126. The Morgan fingerprint density at radius 3 is 2.76 bits per heavy atom. The Morgan fingerprint density at radius 2 is 2.00 bits per heavy atom. The Balaban J connectivity index is 1.33.